The third kappa shape index (κ3) is 4.09. The number of fused-ring (bicyclic) bond motifs is 1. The van der Waals surface area contributed by atoms with Crippen LogP contribution in [-0.4, -0.2) is 57.3 Å². The SMILES string of the molecule is CNc1nc(N)nc2c1ncn2[C@@H]1O[C@H](COC(=O)C(C)C)[C@@H](OC(C)=O)[C@@H]1C. The van der Waals surface area contributed by atoms with E-state index in [2.05, 4.69) is 20.3 Å². The minimum Gasteiger partial charge on any atom is -0.463 e. The van der Waals surface area contributed by atoms with E-state index in [-0.39, 0.29) is 30.4 Å². The van der Waals surface area contributed by atoms with Gasteiger partial charge >= 0.3 is 11.9 Å². The molecule has 3 rings (SSSR count). The Labute approximate surface area is 167 Å². The normalized spacial score (nSPS) is 24.1. The number of esters is 2. The fourth-order valence-electron chi connectivity index (χ4n) is 3.33. The lowest BCUT2D eigenvalue weighted by Gasteiger charge is -2.21. The molecule has 0 unspecified atom stereocenters. The van der Waals surface area contributed by atoms with Gasteiger partial charge in [-0.3, -0.25) is 14.2 Å². The highest BCUT2D eigenvalue weighted by molar-refractivity contribution is 5.84. The Kier molecular flexibility index (Phi) is 5.87. The van der Waals surface area contributed by atoms with Crippen LogP contribution in [0, 0.1) is 11.8 Å². The van der Waals surface area contributed by atoms with Crippen LogP contribution in [0.1, 0.15) is 33.9 Å². The minimum absolute atomic E-state index is 0.0265. The van der Waals surface area contributed by atoms with E-state index >= 15 is 0 Å². The number of ether oxygens (including phenoxy) is 3. The van der Waals surface area contributed by atoms with Crippen molar-refractivity contribution in [3.05, 3.63) is 6.33 Å². The molecule has 3 N–H and O–H groups in total. The molecule has 0 aliphatic carbocycles. The summed E-state index contributed by atoms with van der Waals surface area (Å²) in [4.78, 5) is 36.3. The fourth-order valence-corrected chi connectivity index (χ4v) is 3.33. The molecule has 1 saturated heterocycles. The standard InChI is InChI=1S/C18H26N6O5/c1-8(2)17(26)27-6-11-13(28-10(4)25)9(3)16(29-11)24-7-21-12-14(20-5)22-18(19)23-15(12)24/h7-9,11,13,16H,6H2,1-5H3,(H3,19,20,22,23)/t9-,11+,13-,16+/m0/s1. The van der Waals surface area contributed by atoms with Crippen LogP contribution in [0.15, 0.2) is 6.33 Å². The summed E-state index contributed by atoms with van der Waals surface area (Å²) in [6, 6.07) is 0. The summed E-state index contributed by atoms with van der Waals surface area (Å²) < 4.78 is 18.7. The number of rotatable bonds is 6. The molecule has 0 amide bonds. The molecule has 0 radical (unpaired) electrons. The van der Waals surface area contributed by atoms with E-state index in [1.165, 1.54) is 6.92 Å². The van der Waals surface area contributed by atoms with Gasteiger partial charge < -0.3 is 25.3 Å². The molecule has 1 aliphatic rings. The Bertz CT molecular complexity index is 914. The van der Waals surface area contributed by atoms with Crippen LogP contribution in [0.4, 0.5) is 11.8 Å². The van der Waals surface area contributed by atoms with E-state index in [9.17, 15) is 9.59 Å². The van der Waals surface area contributed by atoms with Crippen LogP contribution in [-0.2, 0) is 23.8 Å². The number of nitrogen functional groups attached to an aromatic ring is 1. The van der Waals surface area contributed by atoms with Gasteiger partial charge in [-0.15, -0.1) is 0 Å². The van der Waals surface area contributed by atoms with Gasteiger partial charge in [0.25, 0.3) is 0 Å². The average Bonchev–Trinajstić information content (AvgIpc) is 3.20. The molecular formula is C18H26N6O5. The Morgan fingerprint density at radius 1 is 1.38 bits per heavy atom. The van der Waals surface area contributed by atoms with Gasteiger partial charge in [0.2, 0.25) is 5.95 Å². The molecule has 0 bridgehead atoms. The van der Waals surface area contributed by atoms with Crippen LogP contribution in [0.25, 0.3) is 11.2 Å². The van der Waals surface area contributed by atoms with E-state index in [1.54, 1.807) is 31.8 Å². The smallest absolute Gasteiger partial charge is 0.308 e. The van der Waals surface area contributed by atoms with Gasteiger partial charge in [0.1, 0.15) is 25.0 Å². The van der Waals surface area contributed by atoms with Gasteiger partial charge in [-0.2, -0.15) is 9.97 Å². The molecule has 1 fully saturated rings. The topological polar surface area (TPSA) is 143 Å². The van der Waals surface area contributed by atoms with Crippen molar-refractivity contribution in [3.8, 4) is 0 Å². The summed E-state index contributed by atoms with van der Waals surface area (Å²) in [6.07, 6.45) is -0.195. The summed E-state index contributed by atoms with van der Waals surface area (Å²) in [5, 5.41) is 2.94. The van der Waals surface area contributed by atoms with Crippen molar-refractivity contribution < 1.29 is 23.8 Å². The van der Waals surface area contributed by atoms with E-state index in [0.717, 1.165) is 0 Å². The van der Waals surface area contributed by atoms with Crippen molar-refractivity contribution in [2.75, 3.05) is 24.7 Å². The summed E-state index contributed by atoms with van der Waals surface area (Å²) in [5.74, 6) is -0.726. The Morgan fingerprint density at radius 2 is 2.10 bits per heavy atom. The third-order valence-corrected chi connectivity index (χ3v) is 4.76. The van der Waals surface area contributed by atoms with Crippen LogP contribution in [0.2, 0.25) is 0 Å². The molecule has 2 aromatic rings. The second kappa shape index (κ2) is 8.19. The number of anilines is 2. The molecule has 29 heavy (non-hydrogen) atoms. The third-order valence-electron chi connectivity index (χ3n) is 4.76. The molecule has 158 valence electrons. The lowest BCUT2D eigenvalue weighted by atomic mass is 10.0. The maximum atomic E-state index is 11.9. The molecular weight excluding hydrogens is 380 g/mol. The van der Waals surface area contributed by atoms with Crippen molar-refractivity contribution in [2.45, 2.75) is 46.1 Å². The van der Waals surface area contributed by atoms with Crippen LogP contribution in [0.3, 0.4) is 0 Å². The maximum Gasteiger partial charge on any atom is 0.308 e. The van der Waals surface area contributed by atoms with Crippen molar-refractivity contribution in [1.82, 2.24) is 19.5 Å². The predicted octanol–water partition coefficient (Wildman–Crippen LogP) is 1.11. The number of nitrogens with one attached hydrogen (secondary N) is 1. The highest BCUT2D eigenvalue weighted by Gasteiger charge is 2.46. The molecule has 0 aromatic carbocycles. The molecule has 0 saturated carbocycles. The van der Waals surface area contributed by atoms with Crippen LogP contribution in [0.5, 0.6) is 0 Å². The summed E-state index contributed by atoms with van der Waals surface area (Å²) in [5.41, 5.74) is 6.84. The molecule has 11 nitrogen and oxygen atoms in total. The molecule has 1 aliphatic heterocycles. The largest absolute Gasteiger partial charge is 0.463 e. The highest BCUT2D eigenvalue weighted by atomic mass is 16.6. The molecule has 11 heteroatoms. The van der Waals surface area contributed by atoms with E-state index in [4.69, 9.17) is 19.9 Å². The minimum atomic E-state index is -0.623. The fraction of sp³-hybridized carbons (Fsp3) is 0.611. The first-order valence-corrected chi connectivity index (χ1v) is 9.40. The average molecular weight is 406 g/mol. The Hall–Kier alpha value is -2.95. The number of aromatic nitrogens is 4. The molecule has 0 spiro atoms. The van der Waals surface area contributed by atoms with Crippen LogP contribution >= 0.6 is 0 Å². The first-order chi connectivity index (χ1) is 13.7. The lowest BCUT2D eigenvalue weighted by Crippen LogP contribution is -2.35. The van der Waals surface area contributed by atoms with Crippen molar-refractivity contribution in [3.63, 3.8) is 0 Å². The zero-order valence-corrected chi connectivity index (χ0v) is 17.1. The number of carbonyl (C=O) groups is 2. The molecule has 3 heterocycles. The number of hydrogen-bond donors (Lipinski definition) is 2. The first-order valence-electron chi connectivity index (χ1n) is 9.40. The second-order valence-electron chi connectivity index (χ2n) is 7.29. The van der Waals surface area contributed by atoms with Crippen LogP contribution < -0.4 is 11.1 Å². The van der Waals surface area contributed by atoms with E-state index < -0.39 is 24.4 Å². The summed E-state index contributed by atoms with van der Waals surface area (Å²) in [7, 11) is 1.71. The number of nitrogens with zero attached hydrogens (tertiary/aromatic N) is 4. The predicted molar refractivity (Wildman–Crippen MR) is 104 cm³/mol. The summed E-state index contributed by atoms with van der Waals surface area (Å²) in [6.45, 7) is 6.68. The van der Waals surface area contributed by atoms with Crippen molar-refractivity contribution in [1.29, 1.82) is 0 Å². The van der Waals surface area contributed by atoms with Crippen molar-refractivity contribution >= 4 is 34.9 Å². The Balaban J connectivity index is 1.91. The lowest BCUT2D eigenvalue weighted by molar-refractivity contribution is -0.159. The van der Waals surface area contributed by atoms with Gasteiger partial charge in [0, 0.05) is 19.9 Å². The summed E-state index contributed by atoms with van der Waals surface area (Å²) >= 11 is 0. The Morgan fingerprint density at radius 3 is 2.72 bits per heavy atom. The van der Waals surface area contributed by atoms with Gasteiger partial charge in [0.15, 0.2) is 17.0 Å². The van der Waals surface area contributed by atoms with Gasteiger partial charge in [0.05, 0.1) is 12.2 Å². The quantitative estimate of drug-likeness (QED) is 0.669. The van der Waals surface area contributed by atoms with E-state index in [1.807, 2.05) is 6.92 Å². The van der Waals surface area contributed by atoms with E-state index in [0.29, 0.717) is 17.0 Å². The number of imidazole rings is 1. The van der Waals surface area contributed by atoms with Gasteiger partial charge in [-0.05, 0) is 0 Å². The molecule has 4 atom stereocenters. The number of nitrogens with two attached hydrogens (primary N) is 1. The zero-order valence-electron chi connectivity index (χ0n) is 17.1. The monoisotopic (exact) mass is 406 g/mol. The molecule has 2 aromatic heterocycles. The zero-order chi connectivity index (χ0) is 21.3. The number of hydrogen-bond acceptors (Lipinski definition) is 10. The van der Waals surface area contributed by atoms with Gasteiger partial charge in [-0.1, -0.05) is 20.8 Å². The second-order valence-corrected chi connectivity index (χ2v) is 7.29. The maximum absolute atomic E-state index is 11.9. The van der Waals surface area contributed by atoms with Crippen molar-refractivity contribution in [2.24, 2.45) is 11.8 Å². The first kappa shape index (κ1) is 20.8. The highest BCUT2D eigenvalue weighted by Crippen LogP contribution is 2.38. The van der Waals surface area contributed by atoms with Gasteiger partial charge in [-0.25, -0.2) is 4.98 Å². The number of carbonyl (C=O) groups excluding carboxylic acids is 2.